The Bertz CT molecular complexity index is 960. The number of carbonyl (C=O) groups is 2. The van der Waals surface area contributed by atoms with Crippen LogP contribution in [0, 0.1) is 0 Å². The summed E-state index contributed by atoms with van der Waals surface area (Å²) in [5.41, 5.74) is 1.63. The van der Waals surface area contributed by atoms with Crippen LogP contribution in [-0.2, 0) is 4.74 Å². The second kappa shape index (κ2) is 7.31. The Morgan fingerprint density at radius 3 is 2.46 bits per heavy atom. The van der Waals surface area contributed by atoms with Gasteiger partial charge in [-0.15, -0.1) is 0 Å². The van der Waals surface area contributed by atoms with E-state index in [1.807, 2.05) is 24.3 Å². The molecule has 0 fully saturated rings. The second-order valence-electron chi connectivity index (χ2n) is 5.73. The van der Waals surface area contributed by atoms with Crippen LogP contribution in [0.25, 0.3) is 10.9 Å². The summed E-state index contributed by atoms with van der Waals surface area (Å²) in [4.78, 5) is 28.1. The first-order valence-corrected chi connectivity index (χ1v) is 8.08. The normalized spacial score (nSPS) is 11.8. The third-order valence-electron chi connectivity index (χ3n) is 4.13. The van der Waals surface area contributed by atoms with Gasteiger partial charge < -0.3 is 19.2 Å². The quantitative estimate of drug-likeness (QED) is 0.541. The van der Waals surface area contributed by atoms with E-state index in [1.165, 1.54) is 20.3 Å². The molecule has 0 spiro atoms. The van der Waals surface area contributed by atoms with Crippen molar-refractivity contribution in [3.8, 4) is 11.5 Å². The second-order valence-corrected chi connectivity index (χ2v) is 5.73. The lowest BCUT2D eigenvalue weighted by molar-refractivity contribution is 0.0319. The van der Waals surface area contributed by atoms with Gasteiger partial charge in [0.05, 0.1) is 19.8 Å². The number of hydrogen-bond acceptors (Lipinski definition) is 5. The first kappa shape index (κ1) is 17.5. The predicted octanol–water partition coefficient (Wildman–Crippen LogP) is 3.61. The van der Waals surface area contributed by atoms with Crippen LogP contribution >= 0.6 is 0 Å². The summed E-state index contributed by atoms with van der Waals surface area (Å²) in [6.45, 7) is 1.56. The fraction of sp³-hybridized carbons (Fsp3) is 0.200. The van der Waals surface area contributed by atoms with Crippen LogP contribution in [0.2, 0.25) is 0 Å². The van der Waals surface area contributed by atoms with Crippen LogP contribution in [0.5, 0.6) is 11.5 Å². The minimum Gasteiger partial charge on any atom is -0.493 e. The van der Waals surface area contributed by atoms with Crippen molar-refractivity contribution in [2.45, 2.75) is 13.0 Å². The highest BCUT2D eigenvalue weighted by atomic mass is 16.5. The van der Waals surface area contributed by atoms with E-state index in [9.17, 15) is 9.59 Å². The molecule has 6 nitrogen and oxygen atoms in total. The van der Waals surface area contributed by atoms with Crippen LogP contribution in [0.15, 0.2) is 48.7 Å². The molecule has 1 aromatic heterocycles. The maximum atomic E-state index is 12.7. The molecule has 0 amide bonds. The van der Waals surface area contributed by atoms with Crippen LogP contribution < -0.4 is 9.47 Å². The number of methoxy groups -OCH3 is 2. The Balaban J connectivity index is 1.78. The van der Waals surface area contributed by atoms with Gasteiger partial charge in [0.25, 0.3) is 0 Å². The van der Waals surface area contributed by atoms with E-state index in [2.05, 4.69) is 4.98 Å². The Morgan fingerprint density at radius 1 is 1.00 bits per heavy atom. The zero-order valence-corrected chi connectivity index (χ0v) is 14.7. The van der Waals surface area contributed by atoms with Crippen LogP contribution in [0.3, 0.4) is 0 Å². The van der Waals surface area contributed by atoms with Crippen LogP contribution in [0.1, 0.15) is 27.6 Å². The number of benzene rings is 2. The third kappa shape index (κ3) is 3.26. The highest BCUT2D eigenvalue weighted by Crippen LogP contribution is 2.28. The Kier molecular flexibility index (Phi) is 4.93. The first-order chi connectivity index (χ1) is 12.5. The molecule has 2 aromatic carbocycles. The number of aromatic amines is 1. The number of para-hydroxylation sites is 1. The molecule has 1 N–H and O–H groups in total. The average Bonchev–Trinajstić information content (AvgIpc) is 3.10. The van der Waals surface area contributed by atoms with Gasteiger partial charge in [0.15, 0.2) is 17.6 Å². The largest absolute Gasteiger partial charge is 0.493 e. The summed E-state index contributed by atoms with van der Waals surface area (Å²) in [6.07, 6.45) is 0.711. The molecule has 0 saturated heterocycles. The summed E-state index contributed by atoms with van der Waals surface area (Å²) in [6, 6.07) is 12.2. The first-order valence-electron chi connectivity index (χ1n) is 8.08. The van der Waals surface area contributed by atoms with Crippen molar-refractivity contribution < 1.29 is 23.8 Å². The monoisotopic (exact) mass is 353 g/mol. The van der Waals surface area contributed by atoms with E-state index in [0.29, 0.717) is 17.1 Å². The molecule has 6 heteroatoms. The summed E-state index contributed by atoms with van der Waals surface area (Å²) in [5, 5.41) is 0.798. The number of H-pyrrole nitrogens is 1. The van der Waals surface area contributed by atoms with Gasteiger partial charge in [-0.1, -0.05) is 18.2 Å². The molecule has 0 bridgehead atoms. The van der Waals surface area contributed by atoms with E-state index in [4.69, 9.17) is 14.2 Å². The summed E-state index contributed by atoms with van der Waals surface area (Å²) in [5.74, 6) is 0.0486. The number of rotatable bonds is 6. The minimum atomic E-state index is -0.921. The van der Waals surface area contributed by atoms with Crippen molar-refractivity contribution in [1.82, 2.24) is 4.98 Å². The van der Waals surface area contributed by atoms with E-state index in [-0.39, 0.29) is 11.3 Å². The van der Waals surface area contributed by atoms with Crippen LogP contribution in [0.4, 0.5) is 0 Å². The number of fused-ring (bicyclic) bond motifs is 1. The molecule has 0 aliphatic rings. The lowest BCUT2D eigenvalue weighted by Gasteiger charge is -2.13. The minimum absolute atomic E-state index is 0.267. The van der Waals surface area contributed by atoms with Gasteiger partial charge in [-0.2, -0.15) is 0 Å². The van der Waals surface area contributed by atoms with Gasteiger partial charge in [-0.05, 0) is 31.2 Å². The maximum absolute atomic E-state index is 12.7. The number of aromatic nitrogens is 1. The number of carbonyl (C=O) groups excluding carboxylic acids is 2. The standard InChI is InChI=1S/C20H19NO5/c1-12(19(22)15-11-21-16-7-5-4-6-14(15)16)26-20(23)13-8-9-17(24-2)18(10-13)25-3/h4-12,21H,1-3H3/t12-/m0/s1. The lowest BCUT2D eigenvalue weighted by Crippen LogP contribution is -2.24. The van der Waals surface area contributed by atoms with E-state index >= 15 is 0 Å². The molecule has 0 unspecified atom stereocenters. The highest BCUT2D eigenvalue weighted by molar-refractivity contribution is 6.10. The molecule has 0 aliphatic heterocycles. The number of ether oxygens (including phenoxy) is 3. The molecule has 3 rings (SSSR count). The van der Waals surface area contributed by atoms with Crippen molar-refractivity contribution in [3.63, 3.8) is 0 Å². The van der Waals surface area contributed by atoms with E-state index in [0.717, 1.165) is 10.9 Å². The zero-order chi connectivity index (χ0) is 18.7. The van der Waals surface area contributed by atoms with Crippen molar-refractivity contribution in [3.05, 3.63) is 59.8 Å². The van der Waals surface area contributed by atoms with E-state index in [1.54, 1.807) is 25.3 Å². The summed E-state index contributed by atoms with van der Waals surface area (Å²) >= 11 is 0. The third-order valence-corrected chi connectivity index (χ3v) is 4.13. The Hall–Kier alpha value is -3.28. The molecule has 134 valence electrons. The number of Topliss-reactive ketones (excluding diaryl/α,β-unsaturated/α-hetero) is 1. The van der Waals surface area contributed by atoms with E-state index < -0.39 is 12.1 Å². The average molecular weight is 353 g/mol. The highest BCUT2D eigenvalue weighted by Gasteiger charge is 2.23. The number of hydrogen-bond donors (Lipinski definition) is 1. The fourth-order valence-electron chi connectivity index (χ4n) is 2.74. The van der Waals surface area contributed by atoms with Gasteiger partial charge in [0.1, 0.15) is 0 Å². The van der Waals surface area contributed by atoms with Gasteiger partial charge in [-0.3, -0.25) is 4.79 Å². The van der Waals surface area contributed by atoms with Crippen molar-refractivity contribution in [2.75, 3.05) is 14.2 Å². The molecular weight excluding hydrogens is 334 g/mol. The number of esters is 1. The molecule has 0 radical (unpaired) electrons. The predicted molar refractivity (Wildman–Crippen MR) is 97.1 cm³/mol. The molecule has 3 aromatic rings. The summed E-state index contributed by atoms with van der Waals surface area (Å²) in [7, 11) is 2.99. The lowest BCUT2D eigenvalue weighted by atomic mass is 10.1. The molecule has 1 heterocycles. The number of ketones is 1. The van der Waals surface area contributed by atoms with Gasteiger partial charge >= 0.3 is 5.97 Å². The fourth-order valence-corrected chi connectivity index (χ4v) is 2.74. The summed E-state index contributed by atoms with van der Waals surface area (Å²) < 4.78 is 15.7. The molecule has 0 aliphatic carbocycles. The van der Waals surface area contributed by atoms with Crippen molar-refractivity contribution in [2.24, 2.45) is 0 Å². The number of nitrogens with one attached hydrogen (secondary N) is 1. The Labute approximate surface area is 150 Å². The van der Waals surface area contributed by atoms with Crippen LogP contribution in [-0.4, -0.2) is 37.1 Å². The smallest absolute Gasteiger partial charge is 0.338 e. The SMILES string of the molecule is COc1ccc(C(=O)O[C@@H](C)C(=O)c2c[nH]c3ccccc23)cc1OC. The molecular formula is C20H19NO5. The van der Waals surface area contributed by atoms with Gasteiger partial charge in [0, 0.05) is 22.7 Å². The van der Waals surface area contributed by atoms with Gasteiger partial charge in [0.2, 0.25) is 5.78 Å². The topological polar surface area (TPSA) is 77.6 Å². The Morgan fingerprint density at radius 2 is 1.73 bits per heavy atom. The molecule has 1 atom stereocenters. The maximum Gasteiger partial charge on any atom is 0.338 e. The molecule has 26 heavy (non-hydrogen) atoms. The molecule has 0 saturated carbocycles. The zero-order valence-electron chi connectivity index (χ0n) is 14.7. The van der Waals surface area contributed by atoms with Crippen molar-refractivity contribution >= 4 is 22.7 Å². The van der Waals surface area contributed by atoms with Gasteiger partial charge in [-0.25, -0.2) is 4.79 Å². The van der Waals surface area contributed by atoms with Crippen molar-refractivity contribution in [1.29, 1.82) is 0 Å².